The van der Waals surface area contributed by atoms with Gasteiger partial charge in [-0.05, 0) is 57.9 Å². The van der Waals surface area contributed by atoms with Gasteiger partial charge in [0.15, 0.2) is 5.78 Å². The number of hydrogen-bond acceptors (Lipinski definition) is 1. The van der Waals surface area contributed by atoms with Gasteiger partial charge in [-0.2, -0.15) is 0 Å². The lowest BCUT2D eigenvalue weighted by Crippen LogP contribution is -2.01. The van der Waals surface area contributed by atoms with Crippen molar-refractivity contribution in [3.8, 4) is 0 Å². The maximum atomic E-state index is 11.9. The highest BCUT2D eigenvalue weighted by molar-refractivity contribution is 5.95. The summed E-state index contributed by atoms with van der Waals surface area (Å²) in [6.45, 7) is 6.33. The molecular formula is C17H26O. The fourth-order valence-corrected chi connectivity index (χ4v) is 2.25. The van der Waals surface area contributed by atoms with Crippen LogP contribution in [0.1, 0.15) is 65.7 Å². The summed E-state index contributed by atoms with van der Waals surface area (Å²) in [5.41, 5.74) is 3.92. The van der Waals surface area contributed by atoms with Gasteiger partial charge in [0.2, 0.25) is 0 Å². The molecule has 0 aromatic carbocycles. The van der Waals surface area contributed by atoms with Gasteiger partial charge in [0.05, 0.1) is 0 Å². The van der Waals surface area contributed by atoms with E-state index in [1.54, 1.807) is 0 Å². The highest BCUT2D eigenvalue weighted by Gasteiger charge is 2.07. The van der Waals surface area contributed by atoms with Crippen LogP contribution in [0.2, 0.25) is 0 Å². The molecule has 0 aliphatic heterocycles. The van der Waals surface area contributed by atoms with Gasteiger partial charge in [-0.3, -0.25) is 4.79 Å². The van der Waals surface area contributed by atoms with E-state index >= 15 is 0 Å². The molecule has 1 aliphatic rings. The molecule has 18 heavy (non-hydrogen) atoms. The molecule has 1 nitrogen and oxygen atoms in total. The van der Waals surface area contributed by atoms with Crippen molar-refractivity contribution in [3.63, 3.8) is 0 Å². The first-order valence-electron chi connectivity index (χ1n) is 7.17. The number of carbonyl (C=O) groups is 1. The summed E-state index contributed by atoms with van der Waals surface area (Å²) >= 11 is 0. The van der Waals surface area contributed by atoms with Crippen LogP contribution in [0.4, 0.5) is 0 Å². The van der Waals surface area contributed by atoms with E-state index in [2.05, 4.69) is 32.1 Å². The van der Waals surface area contributed by atoms with E-state index in [0.29, 0.717) is 12.2 Å². The van der Waals surface area contributed by atoms with Crippen molar-refractivity contribution in [2.75, 3.05) is 0 Å². The van der Waals surface area contributed by atoms with E-state index in [4.69, 9.17) is 0 Å². The lowest BCUT2D eigenvalue weighted by molar-refractivity contribution is -0.115. The Kier molecular flexibility index (Phi) is 6.70. The zero-order chi connectivity index (χ0) is 13.4. The van der Waals surface area contributed by atoms with Gasteiger partial charge < -0.3 is 0 Å². The minimum atomic E-state index is 0.320. The molecule has 0 bridgehead atoms. The highest BCUT2D eigenvalue weighted by atomic mass is 16.1. The van der Waals surface area contributed by atoms with E-state index in [1.165, 1.54) is 17.6 Å². The van der Waals surface area contributed by atoms with E-state index in [-0.39, 0.29) is 0 Å². The van der Waals surface area contributed by atoms with Crippen molar-refractivity contribution >= 4 is 5.78 Å². The smallest absolute Gasteiger partial charge is 0.158 e. The average Bonchev–Trinajstić information content (AvgIpc) is 2.35. The third-order valence-electron chi connectivity index (χ3n) is 3.55. The van der Waals surface area contributed by atoms with Gasteiger partial charge >= 0.3 is 0 Å². The molecule has 1 aliphatic carbocycles. The second-order valence-electron chi connectivity index (χ2n) is 5.22. The molecule has 0 unspecified atom stereocenters. The summed E-state index contributed by atoms with van der Waals surface area (Å²) < 4.78 is 0. The van der Waals surface area contributed by atoms with Crippen LogP contribution < -0.4 is 0 Å². The molecule has 0 fully saturated rings. The maximum Gasteiger partial charge on any atom is 0.158 e. The minimum absolute atomic E-state index is 0.320. The van der Waals surface area contributed by atoms with Crippen molar-refractivity contribution in [1.29, 1.82) is 0 Å². The Labute approximate surface area is 112 Å². The van der Waals surface area contributed by atoms with Crippen molar-refractivity contribution in [2.45, 2.75) is 65.7 Å². The van der Waals surface area contributed by atoms with Gasteiger partial charge in [-0.15, -0.1) is 0 Å². The van der Waals surface area contributed by atoms with Crippen LogP contribution in [0.25, 0.3) is 0 Å². The van der Waals surface area contributed by atoms with Gasteiger partial charge in [0.1, 0.15) is 0 Å². The number of carbonyl (C=O) groups excluding carboxylic acids is 1. The Morgan fingerprint density at radius 2 is 1.56 bits per heavy atom. The summed E-state index contributed by atoms with van der Waals surface area (Å²) in [5, 5.41) is 0. The molecule has 0 aromatic heterocycles. The van der Waals surface area contributed by atoms with Crippen molar-refractivity contribution in [2.24, 2.45) is 0 Å². The summed E-state index contributed by atoms with van der Waals surface area (Å²) in [5.74, 6) is 0.320. The van der Waals surface area contributed by atoms with Crippen molar-refractivity contribution in [1.82, 2.24) is 0 Å². The molecule has 0 amide bonds. The maximum absolute atomic E-state index is 11.9. The molecule has 1 heteroatoms. The Bertz CT molecular complexity index is 369. The first kappa shape index (κ1) is 14.9. The Morgan fingerprint density at radius 1 is 0.944 bits per heavy atom. The van der Waals surface area contributed by atoms with E-state index in [0.717, 1.165) is 37.7 Å². The number of ketones is 1. The number of hydrogen-bond donors (Lipinski definition) is 0. The van der Waals surface area contributed by atoms with Crippen LogP contribution in [-0.4, -0.2) is 5.78 Å². The lowest BCUT2D eigenvalue weighted by Gasteiger charge is -2.08. The third-order valence-corrected chi connectivity index (χ3v) is 3.55. The SMILES string of the molecule is CCC(=O)C1=CCCC=C(C)CCC=C(C)CC1. The molecule has 1 rings (SSSR count). The Hall–Kier alpha value is -1.11. The van der Waals surface area contributed by atoms with Crippen LogP contribution in [0.5, 0.6) is 0 Å². The van der Waals surface area contributed by atoms with Crippen LogP contribution in [-0.2, 0) is 4.79 Å². The second kappa shape index (κ2) is 8.07. The van der Waals surface area contributed by atoms with E-state index in [9.17, 15) is 4.79 Å². The molecular weight excluding hydrogens is 220 g/mol. The topological polar surface area (TPSA) is 17.1 Å². The normalized spacial score (nSPS) is 18.9. The summed E-state index contributed by atoms with van der Waals surface area (Å²) in [6, 6.07) is 0. The predicted octanol–water partition coefficient (Wildman–Crippen LogP) is 5.14. The molecule has 100 valence electrons. The standard InChI is InChI=1S/C17H26O/c1-4-17(18)16-11-6-5-8-14(2)9-7-10-15(3)12-13-16/h8,10-11H,4-7,9,12-13H2,1-3H3. The van der Waals surface area contributed by atoms with Gasteiger partial charge in [0.25, 0.3) is 0 Å². The first-order valence-corrected chi connectivity index (χ1v) is 7.17. The zero-order valence-corrected chi connectivity index (χ0v) is 12.1. The highest BCUT2D eigenvalue weighted by Crippen LogP contribution is 2.18. The lowest BCUT2D eigenvalue weighted by atomic mass is 9.97. The van der Waals surface area contributed by atoms with Gasteiger partial charge in [-0.25, -0.2) is 0 Å². The summed E-state index contributed by atoms with van der Waals surface area (Å²) in [4.78, 5) is 11.9. The molecule has 0 heterocycles. The van der Waals surface area contributed by atoms with E-state index < -0.39 is 0 Å². The van der Waals surface area contributed by atoms with Gasteiger partial charge in [-0.1, -0.05) is 36.3 Å². The van der Waals surface area contributed by atoms with Gasteiger partial charge in [0, 0.05) is 6.42 Å². The van der Waals surface area contributed by atoms with Crippen molar-refractivity contribution < 1.29 is 4.79 Å². The second-order valence-corrected chi connectivity index (χ2v) is 5.22. The summed E-state index contributed by atoms with van der Waals surface area (Å²) in [6.07, 6.45) is 13.7. The average molecular weight is 246 g/mol. The molecule has 0 saturated carbocycles. The van der Waals surface area contributed by atoms with E-state index in [1.807, 2.05) is 6.92 Å². The Balaban J connectivity index is 2.78. The quantitative estimate of drug-likeness (QED) is 0.617. The molecule has 0 saturated heterocycles. The molecule has 0 aromatic rings. The van der Waals surface area contributed by atoms with Crippen LogP contribution >= 0.6 is 0 Å². The number of Topliss-reactive ketones (excluding diaryl/α,β-unsaturated/α-hetero) is 1. The number of allylic oxidation sites excluding steroid dienone is 6. The molecule has 0 spiro atoms. The Morgan fingerprint density at radius 3 is 2.28 bits per heavy atom. The molecule has 0 N–H and O–H groups in total. The van der Waals surface area contributed by atoms with Crippen LogP contribution in [0.15, 0.2) is 34.9 Å². The number of rotatable bonds is 2. The zero-order valence-electron chi connectivity index (χ0n) is 12.1. The molecule has 0 radical (unpaired) electrons. The van der Waals surface area contributed by atoms with Crippen LogP contribution in [0, 0.1) is 0 Å². The fraction of sp³-hybridized carbons (Fsp3) is 0.588. The van der Waals surface area contributed by atoms with Crippen LogP contribution in [0.3, 0.4) is 0 Å². The minimum Gasteiger partial charge on any atom is -0.295 e. The molecule has 0 atom stereocenters. The monoisotopic (exact) mass is 246 g/mol. The first-order chi connectivity index (χ1) is 8.63. The fourth-order valence-electron chi connectivity index (χ4n) is 2.25. The van der Waals surface area contributed by atoms with Crippen molar-refractivity contribution in [3.05, 3.63) is 34.9 Å². The third kappa shape index (κ3) is 5.48. The largest absolute Gasteiger partial charge is 0.295 e. The predicted molar refractivity (Wildman–Crippen MR) is 78.6 cm³/mol. The summed E-state index contributed by atoms with van der Waals surface area (Å²) in [7, 11) is 0.